The van der Waals surface area contributed by atoms with Gasteiger partial charge in [0.1, 0.15) is 18.0 Å². The van der Waals surface area contributed by atoms with Crippen molar-refractivity contribution in [2.24, 2.45) is 0 Å². The molecule has 21 heavy (non-hydrogen) atoms. The van der Waals surface area contributed by atoms with Crippen LogP contribution in [-0.2, 0) is 4.74 Å². The first-order chi connectivity index (χ1) is 10.1. The van der Waals surface area contributed by atoms with Gasteiger partial charge in [-0.1, -0.05) is 0 Å². The molecule has 0 spiro atoms. The van der Waals surface area contributed by atoms with Gasteiger partial charge in [-0.3, -0.25) is 0 Å². The van der Waals surface area contributed by atoms with Gasteiger partial charge in [0.2, 0.25) is 0 Å². The summed E-state index contributed by atoms with van der Waals surface area (Å²) >= 11 is 0. The predicted molar refractivity (Wildman–Crippen MR) is 81.9 cm³/mol. The van der Waals surface area contributed by atoms with E-state index in [1.165, 1.54) is 13.4 Å². The van der Waals surface area contributed by atoms with Crippen molar-refractivity contribution < 1.29 is 9.53 Å². The van der Waals surface area contributed by atoms with Gasteiger partial charge in [-0.05, 0) is 38.1 Å². The van der Waals surface area contributed by atoms with Crippen molar-refractivity contribution in [2.75, 3.05) is 17.7 Å². The molecule has 0 saturated carbocycles. The Labute approximate surface area is 123 Å². The Morgan fingerprint density at radius 2 is 1.81 bits per heavy atom. The van der Waals surface area contributed by atoms with Crippen molar-refractivity contribution in [2.45, 2.75) is 19.9 Å². The Morgan fingerprint density at radius 3 is 2.43 bits per heavy atom. The second-order valence-electron chi connectivity index (χ2n) is 4.78. The molecule has 2 N–H and O–H groups in total. The van der Waals surface area contributed by atoms with E-state index in [9.17, 15) is 4.79 Å². The SMILES string of the molecule is COC(=O)c1ccc(Nc2cc(NC(C)C)ncn2)cc1. The summed E-state index contributed by atoms with van der Waals surface area (Å²) in [7, 11) is 1.36. The van der Waals surface area contributed by atoms with Crippen LogP contribution in [0.4, 0.5) is 17.3 Å². The smallest absolute Gasteiger partial charge is 0.337 e. The van der Waals surface area contributed by atoms with Crippen LogP contribution in [-0.4, -0.2) is 29.1 Å². The third kappa shape index (κ3) is 4.17. The molecule has 0 bridgehead atoms. The molecule has 1 aromatic carbocycles. The number of hydrogen-bond acceptors (Lipinski definition) is 6. The molecule has 0 radical (unpaired) electrons. The van der Waals surface area contributed by atoms with Gasteiger partial charge in [-0.15, -0.1) is 0 Å². The molecule has 6 heteroatoms. The molecule has 0 aliphatic heterocycles. The molecule has 0 saturated heterocycles. The molecule has 0 unspecified atom stereocenters. The van der Waals surface area contributed by atoms with E-state index >= 15 is 0 Å². The molecular formula is C15H18N4O2. The summed E-state index contributed by atoms with van der Waals surface area (Å²) in [5.41, 5.74) is 1.34. The van der Waals surface area contributed by atoms with Gasteiger partial charge in [-0.2, -0.15) is 0 Å². The van der Waals surface area contributed by atoms with Gasteiger partial charge in [-0.25, -0.2) is 14.8 Å². The highest BCUT2D eigenvalue weighted by atomic mass is 16.5. The number of anilines is 3. The lowest BCUT2D eigenvalue weighted by Gasteiger charge is -2.10. The second kappa shape index (κ2) is 6.69. The average molecular weight is 286 g/mol. The Bertz CT molecular complexity index is 611. The van der Waals surface area contributed by atoms with Crippen LogP contribution in [0, 0.1) is 0 Å². The van der Waals surface area contributed by atoms with E-state index in [0.717, 1.165) is 11.5 Å². The van der Waals surface area contributed by atoms with Crippen LogP contribution in [0.15, 0.2) is 36.7 Å². The average Bonchev–Trinajstić information content (AvgIpc) is 2.47. The maximum atomic E-state index is 11.4. The molecule has 0 aliphatic rings. The van der Waals surface area contributed by atoms with Crippen molar-refractivity contribution in [3.05, 3.63) is 42.2 Å². The van der Waals surface area contributed by atoms with Crippen LogP contribution in [0.5, 0.6) is 0 Å². The number of esters is 1. The summed E-state index contributed by atoms with van der Waals surface area (Å²) in [4.78, 5) is 19.7. The highest BCUT2D eigenvalue weighted by Crippen LogP contribution is 2.17. The molecule has 0 aliphatic carbocycles. The van der Waals surface area contributed by atoms with Crippen LogP contribution in [0.25, 0.3) is 0 Å². The summed E-state index contributed by atoms with van der Waals surface area (Å²) in [5.74, 6) is 1.08. The zero-order chi connectivity index (χ0) is 15.2. The molecule has 0 atom stereocenters. The molecule has 110 valence electrons. The third-order valence-electron chi connectivity index (χ3n) is 2.68. The van der Waals surface area contributed by atoms with Crippen LogP contribution >= 0.6 is 0 Å². The Kier molecular flexibility index (Phi) is 4.71. The van der Waals surface area contributed by atoms with Gasteiger partial charge in [0.05, 0.1) is 12.7 Å². The summed E-state index contributed by atoms with van der Waals surface area (Å²) < 4.78 is 4.66. The normalized spacial score (nSPS) is 10.3. The fourth-order valence-corrected chi connectivity index (χ4v) is 1.76. The lowest BCUT2D eigenvalue weighted by Crippen LogP contribution is -2.11. The van der Waals surface area contributed by atoms with Gasteiger partial charge < -0.3 is 15.4 Å². The standard InChI is InChI=1S/C15H18N4O2/c1-10(2)18-13-8-14(17-9-16-13)19-12-6-4-11(5-7-12)15(20)21-3/h4-10H,1-3H3,(H2,16,17,18,19). The zero-order valence-electron chi connectivity index (χ0n) is 12.3. The number of carbonyl (C=O) groups excluding carboxylic acids is 1. The minimum atomic E-state index is -0.355. The second-order valence-corrected chi connectivity index (χ2v) is 4.78. The van der Waals surface area contributed by atoms with Crippen LogP contribution in [0.1, 0.15) is 24.2 Å². The summed E-state index contributed by atoms with van der Waals surface area (Å²) in [6.45, 7) is 4.08. The summed E-state index contributed by atoms with van der Waals surface area (Å²) in [5, 5.41) is 6.37. The van der Waals surface area contributed by atoms with Gasteiger partial charge in [0.25, 0.3) is 0 Å². The quantitative estimate of drug-likeness (QED) is 0.823. The fraction of sp³-hybridized carbons (Fsp3) is 0.267. The number of methoxy groups -OCH3 is 1. The number of nitrogens with one attached hydrogen (secondary N) is 2. The molecule has 6 nitrogen and oxygen atoms in total. The number of ether oxygens (including phenoxy) is 1. The number of nitrogens with zero attached hydrogens (tertiary/aromatic N) is 2. The van der Waals surface area contributed by atoms with Crippen LogP contribution in [0.2, 0.25) is 0 Å². The lowest BCUT2D eigenvalue weighted by atomic mass is 10.2. The number of aromatic nitrogens is 2. The Morgan fingerprint density at radius 1 is 1.14 bits per heavy atom. The van der Waals surface area contributed by atoms with Crippen molar-refractivity contribution >= 4 is 23.3 Å². The fourth-order valence-electron chi connectivity index (χ4n) is 1.76. The topological polar surface area (TPSA) is 76.1 Å². The molecule has 1 heterocycles. The number of hydrogen-bond donors (Lipinski definition) is 2. The monoisotopic (exact) mass is 286 g/mol. The largest absolute Gasteiger partial charge is 0.465 e. The molecule has 0 fully saturated rings. The van der Waals surface area contributed by atoms with Crippen LogP contribution in [0.3, 0.4) is 0 Å². The molecule has 1 aromatic heterocycles. The first-order valence-corrected chi connectivity index (χ1v) is 6.62. The van der Waals surface area contributed by atoms with E-state index in [1.54, 1.807) is 24.3 Å². The van der Waals surface area contributed by atoms with Crippen molar-refractivity contribution in [3.8, 4) is 0 Å². The lowest BCUT2D eigenvalue weighted by molar-refractivity contribution is 0.0601. The van der Waals surface area contributed by atoms with Crippen molar-refractivity contribution in [3.63, 3.8) is 0 Å². The van der Waals surface area contributed by atoms with E-state index in [4.69, 9.17) is 0 Å². The van der Waals surface area contributed by atoms with E-state index in [2.05, 4.69) is 25.3 Å². The summed E-state index contributed by atoms with van der Waals surface area (Å²) in [6, 6.07) is 9.11. The zero-order valence-corrected chi connectivity index (χ0v) is 12.3. The van der Waals surface area contributed by atoms with Gasteiger partial charge >= 0.3 is 5.97 Å². The molecule has 2 rings (SSSR count). The van der Waals surface area contributed by atoms with E-state index in [1.807, 2.05) is 19.9 Å². The van der Waals surface area contributed by atoms with Gasteiger partial charge in [0, 0.05) is 17.8 Å². The van der Waals surface area contributed by atoms with Gasteiger partial charge in [0.15, 0.2) is 0 Å². The first-order valence-electron chi connectivity index (χ1n) is 6.62. The highest BCUT2D eigenvalue weighted by Gasteiger charge is 2.05. The van der Waals surface area contributed by atoms with Crippen molar-refractivity contribution in [1.29, 1.82) is 0 Å². The van der Waals surface area contributed by atoms with E-state index < -0.39 is 0 Å². The highest BCUT2D eigenvalue weighted by molar-refractivity contribution is 5.89. The van der Waals surface area contributed by atoms with Crippen molar-refractivity contribution in [1.82, 2.24) is 9.97 Å². The third-order valence-corrected chi connectivity index (χ3v) is 2.68. The minimum Gasteiger partial charge on any atom is -0.465 e. The predicted octanol–water partition coefficient (Wildman–Crippen LogP) is 2.83. The molecular weight excluding hydrogens is 268 g/mol. The number of rotatable bonds is 5. The maximum Gasteiger partial charge on any atom is 0.337 e. The first kappa shape index (κ1) is 14.8. The number of benzene rings is 1. The van der Waals surface area contributed by atoms with E-state index in [0.29, 0.717) is 17.4 Å². The molecule has 2 aromatic rings. The van der Waals surface area contributed by atoms with Crippen LogP contribution < -0.4 is 10.6 Å². The van der Waals surface area contributed by atoms with E-state index in [-0.39, 0.29) is 5.97 Å². The molecule has 0 amide bonds. The number of carbonyl (C=O) groups is 1. The summed E-state index contributed by atoms with van der Waals surface area (Å²) in [6.07, 6.45) is 1.50. The Balaban J connectivity index is 2.09. The minimum absolute atomic E-state index is 0.298. The Hall–Kier alpha value is -2.63. The maximum absolute atomic E-state index is 11.4.